The maximum absolute atomic E-state index is 14.7. The topological polar surface area (TPSA) is 205 Å². The van der Waals surface area contributed by atoms with Crippen molar-refractivity contribution < 1.29 is 38.8 Å². The van der Waals surface area contributed by atoms with E-state index in [0.29, 0.717) is 35.4 Å². The van der Waals surface area contributed by atoms with Crippen LogP contribution in [0.15, 0.2) is 34.1 Å². The summed E-state index contributed by atoms with van der Waals surface area (Å²) >= 11 is 0. The number of ether oxygens (including phenoxy) is 3. The number of nitrogens with one attached hydrogen (secondary N) is 1. The summed E-state index contributed by atoms with van der Waals surface area (Å²) in [6, 6.07) is -0.448. The molecule has 2 aromatic heterocycles. The first-order chi connectivity index (χ1) is 28.9. The van der Waals surface area contributed by atoms with Crippen LogP contribution in [-0.2, 0) is 35.2 Å². The highest BCUT2D eigenvalue weighted by Crippen LogP contribution is 2.77. The Morgan fingerprint density at radius 1 is 0.984 bits per heavy atom. The molecule has 0 radical (unpaired) electrons. The van der Waals surface area contributed by atoms with E-state index in [-0.39, 0.29) is 72.1 Å². The summed E-state index contributed by atoms with van der Waals surface area (Å²) in [5, 5.41) is 27.9. The van der Waals surface area contributed by atoms with Gasteiger partial charge < -0.3 is 24.4 Å². The molecule has 2 aromatic rings. The molecular weight excluding hydrogens is 783 g/mol. The lowest BCUT2D eigenvalue weighted by Gasteiger charge is -2.71. The van der Waals surface area contributed by atoms with Crippen molar-refractivity contribution in [3.8, 4) is 0 Å². The number of fused-ring (bicyclic) bond motifs is 7. The van der Waals surface area contributed by atoms with Crippen LogP contribution in [0.5, 0.6) is 0 Å². The summed E-state index contributed by atoms with van der Waals surface area (Å²) in [6.07, 6.45) is 11.0. The van der Waals surface area contributed by atoms with Crippen molar-refractivity contribution in [2.75, 3.05) is 6.61 Å². The van der Waals surface area contributed by atoms with Gasteiger partial charge in [-0.1, -0.05) is 45.1 Å². The fourth-order valence-corrected chi connectivity index (χ4v) is 14.6. The molecule has 0 aromatic carbocycles. The van der Waals surface area contributed by atoms with E-state index in [2.05, 4.69) is 56.5 Å². The molecule has 3 N–H and O–H groups in total. The normalized spacial score (nSPS) is 40.2. The number of nitrogens with zero attached hydrogens (tertiary/aromatic N) is 4. The number of aliphatic hydroxyl groups is 1. The average Bonchev–Trinajstić information content (AvgIpc) is 3.97. The first kappa shape index (κ1) is 43.5. The number of carboxylic acids is 1. The number of carbonyl (C=O) groups excluding carboxylic acids is 2. The number of carboxylic acid groups (broad SMARTS) is 1. The van der Waals surface area contributed by atoms with Crippen molar-refractivity contribution in [3.63, 3.8) is 0 Å². The third-order valence-corrected chi connectivity index (χ3v) is 17.9. The SMILES string of the molecule is C=C(C)[C@@H]1CC[C@]2(C(=O)OCc3cn([C@H]4C[C@H](n5cc(C)c(=O)[nH]c5=O)O[C@@H]4CO)nn3)CC[C@]3(C)[C@H](CC[C@@H]4[C@@]5(C)CC[C@H](OC(=O)CCC(=O)O)[C@H](C)[C@@H]5CC[C@]43C)[C@@H]12. The number of aryl methyl sites for hydroxylation is 1. The number of rotatable bonds is 11. The number of carbonyl (C=O) groups is 3. The lowest BCUT2D eigenvalue weighted by molar-refractivity contribution is -0.239. The number of H-pyrrole nitrogens is 1. The zero-order chi connectivity index (χ0) is 43.8. The summed E-state index contributed by atoms with van der Waals surface area (Å²) < 4.78 is 21.2. The number of aromatic amines is 1. The third-order valence-electron chi connectivity index (χ3n) is 17.9. The van der Waals surface area contributed by atoms with Crippen LogP contribution in [0.3, 0.4) is 0 Å². The van der Waals surface area contributed by atoms with Gasteiger partial charge in [-0.05, 0) is 130 Å². The Balaban J connectivity index is 0.973. The van der Waals surface area contributed by atoms with Crippen molar-refractivity contribution in [2.45, 2.75) is 156 Å². The molecule has 0 bridgehead atoms. The largest absolute Gasteiger partial charge is 0.481 e. The van der Waals surface area contributed by atoms with Gasteiger partial charge in [0.2, 0.25) is 0 Å². The lowest BCUT2D eigenvalue weighted by Crippen LogP contribution is -2.66. The standard InChI is InChI=1S/C46H65N5O10/c1-25(2)29-12-17-46(41(57)59-24-28-22-51(49-48-28)32-20-36(60-34(32)23-52)50-21-26(3)40(56)47-42(50)58)19-18-44(6)31(39(29)46)8-9-35-43(5)15-14-33(61-38(55)11-10-37(53)54)27(4)30(43)13-16-45(35,44)7/h21-22,27,29-36,39,52H,1,8-20,23-24H2,2-7H3,(H,53,54)(H,47,56,58)/t27-,29+,30+,31-,32+,33+,34-,35-,36-,39-,43+,44-,45-,46+/m1/s1. The van der Waals surface area contributed by atoms with E-state index < -0.39 is 47.0 Å². The zero-order valence-corrected chi connectivity index (χ0v) is 36.7. The van der Waals surface area contributed by atoms with Gasteiger partial charge in [0.15, 0.2) is 0 Å². The first-order valence-electron chi connectivity index (χ1n) is 22.6. The molecule has 0 spiro atoms. The van der Waals surface area contributed by atoms with E-state index in [1.807, 2.05) is 0 Å². The first-order valence-corrected chi connectivity index (χ1v) is 22.6. The maximum atomic E-state index is 14.7. The monoisotopic (exact) mass is 847 g/mol. The molecule has 61 heavy (non-hydrogen) atoms. The average molecular weight is 848 g/mol. The maximum Gasteiger partial charge on any atom is 0.330 e. The predicted octanol–water partition coefficient (Wildman–Crippen LogP) is 6.04. The van der Waals surface area contributed by atoms with Gasteiger partial charge in [0.25, 0.3) is 5.56 Å². The van der Waals surface area contributed by atoms with E-state index >= 15 is 0 Å². The van der Waals surface area contributed by atoms with Crippen LogP contribution in [0.2, 0.25) is 0 Å². The second kappa shape index (κ2) is 15.9. The molecule has 1 aliphatic heterocycles. The Hall–Kier alpha value is -4.11. The van der Waals surface area contributed by atoms with E-state index in [1.165, 1.54) is 10.8 Å². The molecular formula is C46H65N5O10. The number of hydrogen-bond donors (Lipinski definition) is 3. The van der Waals surface area contributed by atoms with E-state index in [1.54, 1.807) is 17.8 Å². The molecule has 3 heterocycles. The third kappa shape index (κ3) is 7.04. The Labute approximate surface area is 357 Å². The molecule has 14 atom stereocenters. The summed E-state index contributed by atoms with van der Waals surface area (Å²) in [4.78, 5) is 65.3. The van der Waals surface area contributed by atoms with Crippen LogP contribution < -0.4 is 11.2 Å². The molecule has 0 amide bonds. The Morgan fingerprint density at radius 3 is 2.48 bits per heavy atom. The Bertz CT molecular complexity index is 2180. The summed E-state index contributed by atoms with van der Waals surface area (Å²) in [5.74, 6) is 0.179. The molecule has 8 rings (SSSR count). The van der Waals surface area contributed by atoms with Gasteiger partial charge in [-0.15, -0.1) is 5.10 Å². The van der Waals surface area contributed by atoms with Gasteiger partial charge in [0.05, 0.1) is 37.1 Å². The van der Waals surface area contributed by atoms with Crippen molar-refractivity contribution in [2.24, 2.45) is 57.2 Å². The fourth-order valence-electron chi connectivity index (χ4n) is 14.6. The van der Waals surface area contributed by atoms with Crippen LogP contribution in [-0.4, -0.2) is 71.5 Å². The lowest BCUT2D eigenvalue weighted by atomic mass is 9.33. The van der Waals surface area contributed by atoms with Gasteiger partial charge in [-0.3, -0.25) is 28.7 Å². The highest BCUT2D eigenvalue weighted by molar-refractivity contribution is 5.78. The van der Waals surface area contributed by atoms with Crippen LogP contribution >= 0.6 is 0 Å². The van der Waals surface area contributed by atoms with E-state index in [0.717, 1.165) is 69.8 Å². The second-order valence-electron chi connectivity index (χ2n) is 20.6. The van der Waals surface area contributed by atoms with Gasteiger partial charge in [0.1, 0.15) is 30.7 Å². The number of aromatic nitrogens is 5. The number of aliphatic hydroxyl groups excluding tert-OH is 1. The molecule has 15 nitrogen and oxygen atoms in total. The van der Waals surface area contributed by atoms with Crippen LogP contribution in [0, 0.1) is 64.1 Å². The van der Waals surface area contributed by atoms with Gasteiger partial charge in [-0.2, -0.15) is 0 Å². The van der Waals surface area contributed by atoms with Crippen molar-refractivity contribution in [3.05, 3.63) is 56.6 Å². The summed E-state index contributed by atoms with van der Waals surface area (Å²) in [7, 11) is 0. The fraction of sp³-hybridized carbons (Fsp3) is 0.761. The van der Waals surface area contributed by atoms with Crippen LogP contribution in [0.4, 0.5) is 0 Å². The Kier molecular flexibility index (Phi) is 11.4. The van der Waals surface area contributed by atoms with E-state index in [4.69, 9.17) is 19.3 Å². The molecule has 6 fully saturated rings. The van der Waals surface area contributed by atoms with Crippen LogP contribution in [0.1, 0.15) is 142 Å². The summed E-state index contributed by atoms with van der Waals surface area (Å²) in [6.45, 7) is 17.7. The smallest absolute Gasteiger partial charge is 0.330 e. The highest BCUT2D eigenvalue weighted by Gasteiger charge is 2.71. The van der Waals surface area contributed by atoms with Gasteiger partial charge in [-0.25, -0.2) is 9.48 Å². The van der Waals surface area contributed by atoms with Crippen molar-refractivity contribution in [1.29, 1.82) is 0 Å². The minimum Gasteiger partial charge on any atom is -0.481 e. The van der Waals surface area contributed by atoms with Gasteiger partial charge in [0, 0.05) is 18.2 Å². The molecule has 5 saturated carbocycles. The predicted molar refractivity (Wildman–Crippen MR) is 222 cm³/mol. The molecule has 0 unspecified atom stereocenters. The van der Waals surface area contributed by atoms with Crippen molar-refractivity contribution >= 4 is 17.9 Å². The number of hydrogen-bond acceptors (Lipinski definition) is 11. The minimum absolute atomic E-state index is 0.00577. The Morgan fingerprint density at radius 2 is 1.75 bits per heavy atom. The number of allylic oxidation sites excluding steroid dienone is 1. The molecule has 6 aliphatic rings. The number of aliphatic carboxylic acids is 1. The quantitative estimate of drug-likeness (QED) is 0.175. The highest BCUT2D eigenvalue weighted by atomic mass is 16.5. The molecule has 15 heteroatoms. The zero-order valence-electron chi connectivity index (χ0n) is 36.7. The molecule has 1 saturated heterocycles. The molecule has 334 valence electrons. The van der Waals surface area contributed by atoms with Crippen molar-refractivity contribution in [1.82, 2.24) is 24.5 Å². The number of esters is 2. The minimum atomic E-state index is -0.993. The van der Waals surface area contributed by atoms with Gasteiger partial charge >= 0.3 is 23.6 Å². The molecule has 5 aliphatic carbocycles. The van der Waals surface area contributed by atoms with E-state index in [9.17, 15) is 29.1 Å². The summed E-state index contributed by atoms with van der Waals surface area (Å²) in [5.41, 5.74) is 0.442. The second-order valence-corrected chi connectivity index (χ2v) is 20.6. The van der Waals surface area contributed by atoms with Crippen LogP contribution in [0.25, 0.3) is 0 Å².